The standard InChI is InChI=1S/C36H25N3O/c40-36-38(29-22-12-4-13-23-29)34-31(26-16-6-1-7-17-26)33(37-28-20-10-3-11-21-28)32(27-18-8-2-9-19-27)35(34)39(36)30-24-14-5-15-25-30/h1-25H. The second-order valence-electron chi connectivity index (χ2n) is 9.60. The van der Waals surface area contributed by atoms with Gasteiger partial charge in [0.2, 0.25) is 0 Å². The summed E-state index contributed by atoms with van der Waals surface area (Å²) in [4.78, 5) is 19.8. The van der Waals surface area contributed by atoms with E-state index in [0.29, 0.717) is 0 Å². The molecule has 0 radical (unpaired) electrons. The number of aromatic nitrogens is 2. The molecule has 40 heavy (non-hydrogen) atoms. The first kappa shape index (κ1) is 23.6. The SMILES string of the molecule is O=c1n(-c2ccccc2)c2c(n1-c1ccccc1)=C(c1ccccc1)C(=Nc1ccccc1)C=2c1ccccc1. The van der Waals surface area contributed by atoms with Crippen molar-refractivity contribution in [1.82, 2.24) is 9.13 Å². The van der Waals surface area contributed by atoms with Gasteiger partial charge in [-0.15, -0.1) is 0 Å². The monoisotopic (exact) mass is 515 g/mol. The Bertz CT molecular complexity index is 1900. The maximum Gasteiger partial charge on any atom is 0.338 e. The highest BCUT2D eigenvalue weighted by Crippen LogP contribution is 2.29. The molecule has 1 aliphatic carbocycles. The first-order valence-corrected chi connectivity index (χ1v) is 13.3. The van der Waals surface area contributed by atoms with Crippen LogP contribution < -0.4 is 16.4 Å². The Kier molecular flexibility index (Phi) is 5.91. The summed E-state index contributed by atoms with van der Waals surface area (Å²) in [6, 6.07) is 50.2. The Morgan fingerprint density at radius 2 is 0.775 bits per heavy atom. The van der Waals surface area contributed by atoms with Gasteiger partial charge < -0.3 is 0 Å². The first-order chi connectivity index (χ1) is 19.8. The summed E-state index contributed by atoms with van der Waals surface area (Å²) in [6.07, 6.45) is 0. The van der Waals surface area contributed by atoms with E-state index in [1.165, 1.54) is 0 Å². The molecular formula is C36H25N3O. The third-order valence-electron chi connectivity index (χ3n) is 7.15. The lowest BCUT2D eigenvalue weighted by Crippen LogP contribution is -2.32. The third kappa shape index (κ3) is 3.94. The van der Waals surface area contributed by atoms with Crippen molar-refractivity contribution in [1.29, 1.82) is 0 Å². The minimum atomic E-state index is -0.122. The number of imidazole rings is 1. The molecule has 0 unspecified atom stereocenters. The Labute approximate surface area is 231 Å². The molecule has 0 aliphatic heterocycles. The van der Waals surface area contributed by atoms with Gasteiger partial charge in [-0.25, -0.2) is 9.79 Å². The van der Waals surface area contributed by atoms with Crippen LogP contribution in [-0.4, -0.2) is 14.8 Å². The van der Waals surface area contributed by atoms with Crippen molar-refractivity contribution in [3.05, 3.63) is 184 Å². The molecular weight excluding hydrogens is 490 g/mol. The van der Waals surface area contributed by atoms with Gasteiger partial charge in [-0.1, -0.05) is 115 Å². The summed E-state index contributed by atoms with van der Waals surface area (Å²) in [5, 5.41) is 1.67. The normalized spacial score (nSPS) is 12.4. The zero-order valence-corrected chi connectivity index (χ0v) is 21.7. The average molecular weight is 516 g/mol. The van der Waals surface area contributed by atoms with E-state index in [9.17, 15) is 4.79 Å². The molecule has 0 bridgehead atoms. The van der Waals surface area contributed by atoms with Crippen molar-refractivity contribution >= 4 is 22.5 Å². The van der Waals surface area contributed by atoms with Crippen molar-refractivity contribution in [2.45, 2.75) is 0 Å². The van der Waals surface area contributed by atoms with Crippen LogP contribution in [0.5, 0.6) is 0 Å². The molecule has 0 saturated heterocycles. The molecule has 4 nitrogen and oxygen atoms in total. The quantitative estimate of drug-likeness (QED) is 0.286. The minimum absolute atomic E-state index is 0.122. The molecule has 190 valence electrons. The van der Waals surface area contributed by atoms with Crippen molar-refractivity contribution in [2.24, 2.45) is 4.99 Å². The van der Waals surface area contributed by atoms with E-state index in [-0.39, 0.29) is 5.69 Å². The highest BCUT2D eigenvalue weighted by atomic mass is 16.1. The van der Waals surface area contributed by atoms with Crippen LogP contribution in [0.4, 0.5) is 5.69 Å². The van der Waals surface area contributed by atoms with Crippen LogP contribution in [0.2, 0.25) is 0 Å². The van der Waals surface area contributed by atoms with Crippen LogP contribution in [0.3, 0.4) is 0 Å². The summed E-state index contributed by atoms with van der Waals surface area (Å²) >= 11 is 0. The van der Waals surface area contributed by atoms with Gasteiger partial charge in [0.1, 0.15) is 0 Å². The van der Waals surface area contributed by atoms with E-state index in [1.807, 2.05) is 137 Å². The van der Waals surface area contributed by atoms with Gasteiger partial charge in [0.25, 0.3) is 0 Å². The lowest BCUT2D eigenvalue weighted by atomic mass is 9.95. The van der Waals surface area contributed by atoms with E-state index in [1.54, 1.807) is 0 Å². The van der Waals surface area contributed by atoms with Gasteiger partial charge in [0, 0.05) is 11.1 Å². The molecule has 0 atom stereocenters. The summed E-state index contributed by atoms with van der Waals surface area (Å²) in [5.41, 5.74) is 7.03. The minimum Gasteiger partial charge on any atom is -0.259 e. The summed E-state index contributed by atoms with van der Waals surface area (Å²) in [7, 11) is 0. The summed E-state index contributed by atoms with van der Waals surface area (Å²) in [6.45, 7) is 0. The van der Waals surface area contributed by atoms with Gasteiger partial charge in [-0.05, 0) is 47.5 Å². The van der Waals surface area contributed by atoms with Crippen molar-refractivity contribution in [2.75, 3.05) is 0 Å². The van der Waals surface area contributed by atoms with Crippen molar-refractivity contribution in [3.63, 3.8) is 0 Å². The molecule has 0 amide bonds. The van der Waals surface area contributed by atoms with E-state index in [2.05, 4.69) is 24.3 Å². The maximum absolute atomic E-state index is 14.5. The molecule has 4 heteroatoms. The topological polar surface area (TPSA) is 39.3 Å². The van der Waals surface area contributed by atoms with Crippen LogP contribution >= 0.6 is 0 Å². The number of para-hydroxylation sites is 3. The predicted octanol–water partition coefficient (Wildman–Crippen LogP) is 5.81. The number of aliphatic imine (C=N–C) groups is 1. The molecule has 6 aromatic rings. The predicted molar refractivity (Wildman–Crippen MR) is 162 cm³/mol. The molecule has 0 N–H and O–H groups in total. The number of nitrogens with zero attached hydrogens (tertiary/aromatic N) is 3. The second kappa shape index (κ2) is 10.0. The van der Waals surface area contributed by atoms with E-state index in [4.69, 9.17) is 4.99 Å². The Balaban J connectivity index is 1.76. The lowest BCUT2D eigenvalue weighted by Gasteiger charge is -2.13. The zero-order valence-electron chi connectivity index (χ0n) is 21.7. The molecule has 0 saturated carbocycles. The van der Waals surface area contributed by atoms with Crippen LogP contribution in [0.25, 0.3) is 22.5 Å². The number of hydrogen-bond acceptors (Lipinski definition) is 2. The molecule has 5 aromatic carbocycles. The number of fused-ring (bicyclic) bond motifs is 1. The Hall–Kier alpha value is -5.48. The zero-order chi connectivity index (χ0) is 26.9. The highest BCUT2D eigenvalue weighted by molar-refractivity contribution is 6.46. The van der Waals surface area contributed by atoms with Crippen molar-refractivity contribution < 1.29 is 0 Å². The largest absolute Gasteiger partial charge is 0.338 e. The Morgan fingerprint density at radius 3 is 1.18 bits per heavy atom. The van der Waals surface area contributed by atoms with E-state index >= 15 is 0 Å². The molecule has 7 rings (SSSR count). The summed E-state index contributed by atoms with van der Waals surface area (Å²) < 4.78 is 3.67. The van der Waals surface area contributed by atoms with Gasteiger partial charge in [0.05, 0.1) is 33.5 Å². The molecule has 1 aliphatic rings. The second-order valence-corrected chi connectivity index (χ2v) is 9.60. The van der Waals surface area contributed by atoms with Gasteiger partial charge in [-0.2, -0.15) is 0 Å². The molecule has 1 heterocycles. The van der Waals surface area contributed by atoms with Crippen LogP contribution in [0.15, 0.2) is 161 Å². The maximum atomic E-state index is 14.5. The number of benzene rings is 5. The smallest absolute Gasteiger partial charge is 0.259 e. The first-order valence-electron chi connectivity index (χ1n) is 13.3. The van der Waals surface area contributed by atoms with Gasteiger partial charge in [-0.3, -0.25) is 9.13 Å². The summed E-state index contributed by atoms with van der Waals surface area (Å²) in [5.74, 6) is 0. The fraction of sp³-hybridized carbons (Fsp3) is 0. The molecule has 1 aromatic heterocycles. The molecule has 0 spiro atoms. The third-order valence-corrected chi connectivity index (χ3v) is 7.15. The van der Waals surface area contributed by atoms with Crippen LogP contribution in [0.1, 0.15) is 11.1 Å². The van der Waals surface area contributed by atoms with Crippen LogP contribution in [-0.2, 0) is 0 Å². The number of rotatable bonds is 5. The lowest BCUT2D eigenvalue weighted by molar-refractivity contribution is 0.891. The van der Waals surface area contributed by atoms with Gasteiger partial charge in [0.15, 0.2) is 0 Å². The average Bonchev–Trinajstić information content (AvgIpc) is 3.49. The fourth-order valence-corrected chi connectivity index (χ4v) is 5.45. The Morgan fingerprint density at radius 1 is 0.425 bits per heavy atom. The van der Waals surface area contributed by atoms with E-state index in [0.717, 1.165) is 55.7 Å². The highest BCUT2D eigenvalue weighted by Gasteiger charge is 2.31. The van der Waals surface area contributed by atoms with Crippen molar-refractivity contribution in [3.8, 4) is 11.4 Å². The van der Waals surface area contributed by atoms with Crippen LogP contribution in [0, 0.1) is 0 Å². The van der Waals surface area contributed by atoms with Gasteiger partial charge >= 0.3 is 5.69 Å². The number of hydrogen-bond donors (Lipinski definition) is 0. The molecule has 0 fully saturated rings. The van der Waals surface area contributed by atoms with E-state index < -0.39 is 0 Å². The fourth-order valence-electron chi connectivity index (χ4n) is 5.45.